The van der Waals surface area contributed by atoms with Crippen LogP contribution in [0.1, 0.15) is 0 Å². The van der Waals surface area contributed by atoms with Gasteiger partial charge in [-0.05, 0) is 24.3 Å². The van der Waals surface area contributed by atoms with Crippen LogP contribution in [-0.4, -0.2) is 75.2 Å². The lowest BCUT2D eigenvalue weighted by Gasteiger charge is -2.19. The van der Waals surface area contributed by atoms with Crippen LogP contribution in [0.25, 0.3) is 0 Å². The molecule has 2 saturated heterocycles. The molecule has 0 aliphatic carbocycles. The maximum Gasteiger partial charge on any atom is 0.179 e. The Kier molecular flexibility index (Phi) is 5.91. The topological polar surface area (TPSA) is 80.8 Å². The van der Waals surface area contributed by atoms with Crippen LogP contribution in [0, 0.1) is 0 Å². The van der Waals surface area contributed by atoms with Crippen molar-refractivity contribution in [3.05, 3.63) is 54.7 Å². The lowest BCUT2D eigenvalue weighted by atomic mass is 10.3. The van der Waals surface area contributed by atoms with Gasteiger partial charge >= 0.3 is 0 Å². The first-order valence-electron chi connectivity index (χ1n) is 9.51. The van der Waals surface area contributed by atoms with Gasteiger partial charge in [0, 0.05) is 25.8 Å². The Morgan fingerprint density at radius 3 is 2.32 bits per heavy atom. The van der Waals surface area contributed by atoms with Crippen LogP contribution in [0.15, 0.2) is 59.6 Å². The van der Waals surface area contributed by atoms with Crippen LogP contribution in [0.5, 0.6) is 0 Å². The fraction of sp³-hybridized carbons (Fsp3) is 0.450. The Morgan fingerprint density at radius 1 is 1.00 bits per heavy atom. The number of rotatable bonds is 6. The summed E-state index contributed by atoms with van der Waals surface area (Å²) in [6.45, 7) is 2.92. The highest BCUT2D eigenvalue weighted by molar-refractivity contribution is 7.91. The highest BCUT2D eigenvalue weighted by Gasteiger charge is 2.37. The second-order valence-corrected chi connectivity index (χ2v) is 9.30. The molecule has 1 N–H and O–H groups in total. The van der Waals surface area contributed by atoms with Crippen molar-refractivity contribution in [2.24, 2.45) is 0 Å². The summed E-state index contributed by atoms with van der Waals surface area (Å²) >= 11 is 0. The Labute approximate surface area is 165 Å². The molecule has 0 spiro atoms. The summed E-state index contributed by atoms with van der Waals surface area (Å²) in [5, 5.41) is 3.33. The Bertz CT molecular complexity index is 848. The summed E-state index contributed by atoms with van der Waals surface area (Å²) in [6, 6.07) is 14.4. The molecule has 0 amide bonds. The average molecular weight is 404 g/mol. The maximum atomic E-state index is 12.5. The van der Waals surface area contributed by atoms with E-state index in [-0.39, 0.29) is 24.0 Å². The van der Waals surface area contributed by atoms with Gasteiger partial charge in [-0.2, -0.15) is 0 Å². The number of ether oxygens (including phenoxy) is 2. The maximum absolute atomic E-state index is 12.5. The number of anilines is 1. The van der Waals surface area contributed by atoms with Crippen LogP contribution in [0.2, 0.25) is 0 Å². The summed E-state index contributed by atoms with van der Waals surface area (Å²) in [5.41, 5.74) is 0. The van der Waals surface area contributed by atoms with E-state index in [1.807, 2.05) is 24.3 Å². The van der Waals surface area contributed by atoms with Gasteiger partial charge in [0.15, 0.2) is 9.84 Å². The SMILES string of the molecule is O=S(=O)(CCN1C[C@@H]2OCC(Nc3ccccn3)CO[C@H]2C1)c1ccccc1. The van der Waals surface area contributed by atoms with Gasteiger partial charge in [0.25, 0.3) is 0 Å². The number of fused-ring (bicyclic) bond motifs is 1. The molecular formula is C20H25N3O4S. The third-order valence-electron chi connectivity index (χ3n) is 5.11. The monoisotopic (exact) mass is 403 g/mol. The predicted octanol–water partition coefficient (Wildman–Crippen LogP) is 1.44. The van der Waals surface area contributed by atoms with Crippen molar-refractivity contribution in [3.63, 3.8) is 0 Å². The smallest absolute Gasteiger partial charge is 0.179 e. The van der Waals surface area contributed by atoms with Crippen LogP contribution < -0.4 is 5.32 Å². The molecule has 0 bridgehead atoms. The molecule has 1 aromatic heterocycles. The van der Waals surface area contributed by atoms with Gasteiger partial charge in [0.1, 0.15) is 5.82 Å². The molecule has 4 rings (SSSR count). The number of nitrogens with zero attached hydrogens (tertiary/aromatic N) is 2. The Hall–Kier alpha value is -2.00. The molecule has 0 unspecified atom stereocenters. The molecule has 7 nitrogen and oxygen atoms in total. The van der Waals surface area contributed by atoms with Gasteiger partial charge in [-0.15, -0.1) is 0 Å². The molecule has 2 atom stereocenters. The minimum absolute atomic E-state index is 0.0324. The molecule has 2 aliphatic heterocycles. The molecule has 0 saturated carbocycles. The summed E-state index contributed by atoms with van der Waals surface area (Å²) in [6.07, 6.45) is 1.68. The van der Waals surface area contributed by atoms with Gasteiger partial charge in [-0.25, -0.2) is 13.4 Å². The molecule has 2 fully saturated rings. The number of likely N-dealkylation sites (tertiary alicyclic amines) is 1. The van der Waals surface area contributed by atoms with E-state index in [1.54, 1.807) is 30.5 Å². The summed E-state index contributed by atoms with van der Waals surface area (Å²) in [5.74, 6) is 0.903. The van der Waals surface area contributed by atoms with Crippen molar-refractivity contribution in [1.82, 2.24) is 9.88 Å². The summed E-state index contributed by atoms with van der Waals surface area (Å²) in [4.78, 5) is 6.76. The van der Waals surface area contributed by atoms with Crippen molar-refractivity contribution in [2.45, 2.75) is 23.1 Å². The van der Waals surface area contributed by atoms with Gasteiger partial charge in [0.05, 0.1) is 42.1 Å². The zero-order valence-electron chi connectivity index (χ0n) is 15.6. The first-order chi connectivity index (χ1) is 13.6. The molecule has 0 radical (unpaired) electrons. The molecule has 2 aromatic rings. The molecule has 1 aromatic carbocycles. The third-order valence-corrected chi connectivity index (χ3v) is 6.82. The van der Waals surface area contributed by atoms with E-state index in [0.29, 0.717) is 37.7 Å². The lowest BCUT2D eigenvalue weighted by molar-refractivity contribution is -0.00461. The fourth-order valence-corrected chi connectivity index (χ4v) is 4.89. The largest absolute Gasteiger partial charge is 0.372 e. The van der Waals surface area contributed by atoms with Crippen LogP contribution >= 0.6 is 0 Å². The predicted molar refractivity (Wildman–Crippen MR) is 106 cm³/mol. The molecule has 150 valence electrons. The van der Waals surface area contributed by atoms with Crippen molar-refractivity contribution in [1.29, 1.82) is 0 Å². The molecule has 3 heterocycles. The number of benzene rings is 1. The standard InChI is InChI=1S/C20H25N3O4S/c24-28(25,17-6-2-1-3-7-17)11-10-23-12-18-19(13-23)27-15-16(14-26-18)22-20-8-4-5-9-21-20/h1-9,16,18-19H,10-15H2,(H,21,22)/t18-,19-/m0/s1. The van der Waals surface area contributed by atoms with Crippen LogP contribution in [0.4, 0.5) is 5.82 Å². The van der Waals surface area contributed by atoms with Gasteiger partial charge < -0.3 is 14.8 Å². The van der Waals surface area contributed by atoms with E-state index in [4.69, 9.17) is 9.47 Å². The highest BCUT2D eigenvalue weighted by atomic mass is 32.2. The Morgan fingerprint density at radius 2 is 1.68 bits per heavy atom. The van der Waals surface area contributed by atoms with Crippen molar-refractivity contribution in [2.75, 3.05) is 43.9 Å². The second kappa shape index (κ2) is 8.57. The first kappa shape index (κ1) is 19.3. The molecule has 2 aliphatic rings. The quantitative estimate of drug-likeness (QED) is 0.782. The van der Waals surface area contributed by atoms with Crippen molar-refractivity contribution < 1.29 is 17.9 Å². The van der Waals surface area contributed by atoms with E-state index in [1.165, 1.54) is 0 Å². The third kappa shape index (κ3) is 4.70. The number of hydrogen-bond donors (Lipinski definition) is 1. The van der Waals surface area contributed by atoms with E-state index >= 15 is 0 Å². The number of pyridine rings is 1. The Balaban J connectivity index is 1.27. The highest BCUT2D eigenvalue weighted by Crippen LogP contribution is 2.21. The number of hydrogen-bond acceptors (Lipinski definition) is 7. The number of nitrogens with one attached hydrogen (secondary N) is 1. The van der Waals surface area contributed by atoms with Gasteiger partial charge in [-0.3, -0.25) is 4.90 Å². The zero-order chi connectivity index (χ0) is 19.4. The van der Waals surface area contributed by atoms with Crippen molar-refractivity contribution >= 4 is 15.7 Å². The average Bonchev–Trinajstić information content (AvgIpc) is 3.03. The normalized spacial score (nSPS) is 23.9. The molecule has 8 heteroatoms. The van der Waals surface area contributed by atoms with Crippen molar-refractivity contribution in [3.8, 4) is 0 Å². The van der Waals surface area contributed by atoms with Gasteiger partial charge in [0.2, 0.25) is 0 Å². The fourth-order valence-electron chi connectivity index (χ4n) is 3.58. The van der Waals surface area contributed by atoms with Crippen LogP contribution in [0.3, 0.4) is 0 Å². The number of aromatic nitrogens is 1. The molecule has 28 heavy (non-hydrogen) atoms. The minimum atomic E-state index is -3.27. The summed E-state index contributed by atoms with van der Waals surface area (Å²) in [7, 11) is -3.27. The van der Waals surface area contributed by atoms with Crippen LogP contribution in [-0.2, 0) is 19.3 Å². The summed E-state index contributed by atoms with van der Waals surface area (Å²) < 4.78 is 37.0. The van der Waals surface area contributed by atoms with Gasteiger partial charge in [-0.1, -0.05) is 24.3 Å². The van der Waals surface area contributed by atoms with E-state index in [9.17, 15) is 8.42 Å². The second-order valence-electron chi connectivity index (χ2n) is 7.19. The number of sulfone groups is 1. The minimum Gasteiger partial charge on any atom is -0.372 e. The van der Waals surface area contributed by atoms with E-state index in [2.05, 4.69) is 15.2 Å². The zero-order valence-corrected chi connectivity index (χ0v) is 16.4. The lowest BCUT2D eigenvalue weighted by Crippen LogP contribution is -2.32. The van der Waals surface area contributed by atoms with E-state index < -0.39 is 9.84 Å². The first-order valence-corrected chi connectivity index (χ1v) is 11.2. The molecular weight excluding hydrogens is 378 g/mol. The van der Waals surface area contributed by atoms with E-state index in [0.717, 1.165) is 5.82 Å².